The Hall–Kier alpha value is -3.37. The third-order valence-electron chi connectivity index (χ3n) is 4.78. The van der Waals surface area contributed by atoms with Crippen LogP contribution in [0.5, 0.6) is 11.5 Å². The molecule has 0 aliphatic heterocycles. The van der Waals surface area contributed by atoms with Gasteiger partial charge in [-0.3, -0.25) is 4.79 Å². The van der Waals surface area contributed by atoms with Crippen LogP contribution in [0.15, 0.2) is 59.1 Å². The normalized spacial score (nSPS) is 10.8. The second-order valence-corrected chi connectivity index (χ2v) is 8.96. The van der Waals surface area contributed by atoms with E-state index in [9.17, 15) is 4.79 Å². The lowest BCUT2D eigenvalue weighted by atomic mass is 10.1. The topological polar surface area (TPSA) is 91.2 Å². The zero-order valence-electron chi connectivity index (χ0n) is 18.4. The van der Waals surface area contributed by atoms with Crippen LogP contribution in [-0.4, -0.2) is 38.5 Å². The minimum atomic E-state index is -0.149. The first-order valence-corrected chi connectivity index (χ1v) is 12.0. The molecule has 0 saturated heterocycles. The fourth-order valence-corrected chi connectivity index (χ4v) is 4.36. The Morgan fingerprint density at radius 1 is 1.09 bits per heavy atom. The molecule has 2 heterocycles. The second-order valence-electron chi connectivity index (χ2n) is 7.16. The zero-order chi connectivity index (χ0) is 23.2. The molecule has 33 heavy (non-hydrogen) atoms. The number of methoxy groups -OCH3 is 1. The number of thiazole rings is 1. The van der Waals surface area contributed by atoms with Gasteiger partial charge in [0.2, 0.25) is 5.91 Å². The summed E-state index contributed by atoms with van der Waals surface area (Å²) >= 11 is 2.71. The molecule has 0 spiro atoms. The average molecular weight is 482 g/mol. The molecule has 4 aromatic rings. The van der Waals surface area contributed by atoms with Gasteiger partial charge in [-0.2, -0.15) is 0 Å². The van der Waals surface area contributed by atoms with Crippen molar-refractivity contribution in [3.8, 4) is 22.8 Å². The molecule has 0 aliphatic carbocycles. The van der Waals surface area contributed by atoms with Gasteiger partial charge in [-0.15, -0.1) is 21.5 Å². The SMILES string of the molecule is COc1ccc(OCc2nnc(SCC(=O)Nc3nc(-c4ccc(C)cc4)cs3)n2C)cc1. The van der Waals surface area contributed by atoms with Crippen molar-refractivity contribution in [3.63, 3.8) is 0 Å². The smallest absolute Gasteiger partial charge is 0.236 e. The average Bonchev–Trinajstić information content (AvgIpc) is 3.43. The van der Waals surface area contributed by atoms with Crippen molar-refractivity contribution in [1.82, 2.24) is 19.7 Å². The molecule has 2 aromatic carbocycles. The predicted molar refractivity (Wildman–Crippen MR) is 130 cm³/mol. The van der Waals surface area contributed by atoms with Crippen molar-refractivity contribution < 1.29 is 14.3 Å². The summed E-state index contributed by atoms with van der Waals surface area (Å²) in [5, 5.41) is 14.3. The van der Waals surface area contributed by atoms with Crippen LogP contribution < -0.4 is 14.8 Å². The lowest BCUT2D eigenvalue weighted by Crippen LogP contribution is -2.14. The number of benzene rings is 2. The van der Waals surface area contributed by atoms with Crippen LogP contribution in [0.3, 0.4) is 0 Å². The summed E-state index contributed by atoms with van der Waals surface area (Å²) in [5.74, 6) is 2.19. The minimum absolute atomic E-state index is 0.149. The number of hydrogen-bond donors (Lipinski definition) is 1. The predicted octanol–water partition coefficient (Wildman–Crippen LogP) is 4.57. The van der Waals surface area contributed by atoms with Gasteiger partial charge in [-0.1, -0.05) is 41.6 Å². The van der Waals surface area contributed by atoms with Gasteiger partial charge < -0.3 is 19.4 Å². The standard InChI is InChI=1S/C23H23N5O3S2/c1-15-4-6-16(7-5-15)19-13-32-22(24-19)25-21(29)14-33-23-27-26-20(28(23)2)12-31-18-10-8-17(30-3)9-11-18/h4-11,13H,12,14H2,1-3H3,(H,24,25,29). The molecular formula is C23H23N5O3S2. The van der Waals surface area contributed by atoms with E-state index >= 15 is 0 Å². The highest BCUT2D eigenvalue weighted by atomic mass is 32.2. The molecular weight excluding hydrogens is 458 g/mol. The lowest BCUT2D eigenvalue weighted by Gasteiger charge is -2.07. The highest BCUT2D eigenvalue weighted by Crippen LogP contribution is 2.26. The van der Waals surface area contributed by atoms with Gasteiger partial charge in [0.05, 0.1) is 18.6 Å². The van der Waals surface area contributed by atoms with Gasteiger partial charge in [0.25, 0.3) is 0 Å². The van der Waals surface area contributed by atoms with E-state index in [1.807, 2.05) is 72.4 Å². The summed E-state index contributed by atoms with van der Waals surface area (Å²) in [6, 6.07) is 15.5. The van der Waals surface area contributed by atoms with Gasteiger partial charge in [0.1, 0.15) is 18.1 Å². The molecule has 0 unspecified atom stereocenters. The zero-order valence-corrected chi connectivity index (χ0v) is 20.1. The van der Waals surface area contributed by atoms with Gasteiger partial charge in [0, 0.05) is 18.0 Å². The molecule has 2 aromatic heterocycles. The van der Waals surface area contributed by atoms with Gasteiger partial charge in [-0.05, 0) is 31.2 Å². The number of hydrogen-bond acceptors (Lipinski definition) is 8. The summed E-state index contributed by atoms with van der Waals surface area (Å²) in [4.78, 5) is 16.9. The summed E-state index contributed by atoms with van der Waals surface area (Å²) in [6.45, 7) is 2.31. The van der Waals surface area contributed by atoms with Crippen LogP contribution in [0.25, 0.3) is 11.3 Å². The molecule has 0 atom stereocenters. The Bertz CT molecular complexity index is 1220. The number of aryl methyl sites for hydroxylation is 1. The van der Waals surface area contributed by atoms with Crippen LogP contribution >= 0.6 is 23.1 Å². The molecule has 170 valence electrons. The van der Waals surface area contributed by atoms with Gasteiger partial charge >= 0.3 is 0 Å². The second kappa shape index (κ2) is 10.5. The number of nitrogens with zero attached hydrogens (tertiary/aromatic N) is 4. The molecule has 0 radical (unpaired) electrons. The Labute approximate surface area is 200 Å². The van der Waals surface area contributed by atoms with E-state index in [4.69, 9.17) is 9.47 Å². The molecule has 0 saturated carbocycles. The van der Waals surface area contributed by atoms with Crippen molar-refractivity contribution in [2.75, 3.05) is 18.2 Å². The van der Waals surface area contributed by atoms with Gasteiger partial charge in [0.15, 0.2) is 16.1 Å². The van der Waals surface area contributed by atoms with Crippen LogP contribution in [0.2, 0.25) is 0 Å². The maximum atomic E-state index is 12.4. The number of aromatic nitrogens is 4. The molecule has 8 nitrogen and oxygen atoms in total. The van der Waals surface area contributed by atoms with E-state index in [0.717, 1.165) is 17.0 Å². The highest BCUT2D eigenvalue weighted by molar-refractivity contribution is 7.99. The summed E-state index contributed by atoms with van der Waals surface area (Å²) < 4.78 is 12.7. The number of amides is 1. The quantitative estimate of drug-likeness (QED) is 0.350. The number of rotatable bonds is 9. The highest BCUT2D eigenvalue weighted by Gasteiger charge is 2.13. The Morgan fingerprint density at radius 2 is 1.82 bits per heavy atom. The molecule has 0 fully saturated rings. The first-order chi connectivity index (χ1) is 16.0. The summed E-state index contributed by atoms with van der Waals surface area (Å²) in [5.41, 5.74) is 3.06. The molecule has 0 aliphatic rings. The number of ether oxygens (including phenoxy) is 2. The van der Waals surface area contributed by atoms with Crippen LogP contribution in [0.1, 0.15) is 11.4 Å². The number of carbonyl (C=O) groups is 1. The molecule has 1 amide bonds. The maximum absolute atomic E-state index is 12.4. The number of thioether (sulfide) groups is 1. The first kappa shape index (κ1) is 22.8. The summed E-state index contributed by atoms with van der Waals surface area (Å²) in [7, 11) is 3.47. The first-order valence-electron chi connectivity index (χ1n) is 10.1. The van der Waals surface area contributed by atoms with E-state index in [1.165, 1.54) is 28.7 Å². The van der Waals surface area contributed by atoms with Crippen molar-refractivity contribution >= 4 is 34.1 Å². The Morgan fingerprint density at radius 3 is 2.55 bits per heavy atom. The fourth-order valence-electron chi connectivity index (χ4n) is 2.89. The third-order valence-corrected chi connectivity index (χ3v) is 6.56. The molecule has 0 bridgehead atoms. The largest absolute Gasteiger partial charge is 0.497 e. The van der Waals surface area contributed by atoms with Crippen molar-refractivity contribution in [2.45, 2.75) is 18.7 Å². The summed E-state index contributed by atoms with van der Waals surface area (Å²) in [6.07, 6.45) is 0. The Balaban J connectivity index is 1.28. The molecule has 4 rings (SSSR count). The molecule has 10 heteroatoms. The molecule has 1 N–H and O–H groups in total. The van der Waals surface area contributed by atoms with E-state index in [1.54, 1.807) is 7.11 Å². The van der Waals surface area contributed by atoms with E-state index in [0.29, 0.717) is 21.9 Å². The minimum Gasteiger partial charge on any atom is -0.497 e. The van der Waals surface area contributed by atoms with Crippen molar-refractivity contribution in [2.24, 2.45) is 7.05 Å². The van der Waals surface area contributed by atoms with Gasteiger partial charge in [-0.25, -0.2) is 4.98 Å². The lowest BCUT2D eigenvalue weighted by molar-refractivity contribution is -0.113. The van der Waals surface area contributed by atoms with Crippen LogP contribution in [-0.2, 0) is 18.4 Å². The number of carbonyl (C=O) groups excluding carboxylic acids is 1. The number of nitrogens with one attached hydrogen (secondary N) is 1. The fraction of sp³-hybridized carbons (Fsp3) is 0.217. The number of anilines is 1. The Kier molecular flexibility index (Phi) is 7.26. The third kappa shape index (κ3) is 5.91. The van der Waals surface area contributed by atoms with Crippen LogP contribution in [0.4, 0.5) is 5.13 Å². The van der Waals surface area contributed by atoms with Crippen molar-refractivity contribution in [1.29, 1.82) is 0 Å². The van der Waals surface area contributed by atoms with E-state index in [2.05, 4.69) is 20.5 Å². The van der Waals surface area contributed by atoms with E-state index < -0.39 is 0 Å². The van der Waals surface area contributed by atoms with E-state index in [-0.39, 0.29) is 18.3 Å². The maximum Gasteiger partial charge on any atom is 0.236 e. The van der Waals surface area contributed by atoms with Crippen LogP contribution in [0, 0.1) is 6.92 Å². The van der Waals surface area contributed by atoms with Crippen molar-refractivity contribution in [3.05, 3.63) is 65.3 Å². The monoisotopic (exact) mass is 481 g/mol.